The Bertz CT molecular complexity index is 429. The third kappa shape index (κ3) is 2.27. The maximum absolute atomic E-state index is 5.58. The van der Waals surface area contributed by atoms with Crippen LogP contribution in [0.3, 0.4) is 0 Å². The third-order valence-corrected chi connectivity index (χ3v) is 4.56. The van der Waals surface area contributed by atoms with Gasteiger partial charge in [0.05, 0.1) is 5.69 Å². The maximum Gasteiger partial charge on any atom is 0.227 e. The predicted molar refractivity (Wildman–Crippen MR) is 75.5 cm³/mol. The SMILES string of the molecule is NNc1nc(N2CCCCCC2)nc2c1CSC2. The fraction of sp³-hybridized carbons (Fsp3) is 0.667. The molecule has 0 spiro atoms. The van der Waals surface area contributed by atoms with Crippen LogP contribution < -0.4 is 16.2 Å². The zero-order valence-corrected chi connectivity index (χ0v) is 11.3. The fourth-order valence-corrected chi connectivity index (χ4v) is 3.61. The summed E-state index contributed by atoms with van der Waals surface area (Å²) < 4.78 is 0. The van der Waals surface area contributed by atoms with Crippen LogP contribution in [0.1, 0.15) is 36.9 Å². The highest BCUT2D eigenvalue weighted by Gasteiger charge is 2.22. The smallest absolute Gasteiger partial charge is 0.227 e. The molecule has 0 amide bonds. The fourth-order valence-electron chi connectivity index (χ4n) is 2.57. The largest absolute Gasteiger partial charge is 0.341 e. The van der Waals surface area contributed by atoms with E-state index in [1.54, 1.807) is 0 Å². The van der Waals surface area contributed by atoms with E-state index in [0.717, 1.165) is 42.1 Å². The van der Waals surface area contributed by atoms with Crippen molar-refractivity contribution in [3.63, 3.8) is 0 Å². The summed E-state index contributed by atoms with van der Waals surface area (Å²) in [7, 11) is 0. The van der Waals surface area contributed by atoms with Gasteiger partial charge in [-0.05, 0) is 12.8 Å². The van der Waals surface area contributed by atoms with Gasteiger partial charge in [0.15, 0.2) is 0 Å². The van der Waals surface area contributed by atoms with Crippen molar-refractivity contribution in [3.8, 4) is 0 Å². The molecule has 1 fully saturated rings. The van der Waals surface area contributed by atoms with E-state index >= 15 is 0 Å². The monoisotopic (exact) mass is 265 g/mol. The van der Waals surface area contributed by atoms with Crippen LogP contribution in [0.2, 0.25) is 0 Å². The van der Waals surface area contributed by atoms with E-state index in [9.17, 15) is 0 Å². The first-order chi connectivity index (χ1) is 8.88. The lowest BCUT2D eigenvalue weighted by Gasteiger charge is -2.21. The summed E-state index contributed by atoms with van der Waals surface area (Å²) in [5.41, 5.74) is 5.07. The summed E-state index contributed by atoms with van der Waals surface area (Å²) in [6.45, 7) is 2.13. The lowest BCUT2D eigenvalue weighted by atomic mass is 10.2. The standard InChI is InChI=1S/C12H19N5S/c13-16-11-9-7-18-8-10(9)14-12(15-11)17-5-3-1-2-4-6-17/h1-8,13H2,(H,14,15,16). The molecule has 3 rings (SSSR count). The minimum atomic E-state index is 0.809. The molecule has 3 N–H and O–H groups in total. The molecule has 1 saturated heterocycles. The van der Waals surface area contributed by atoms with Crippen LogP contribution in [0.15, 0.2) is 0 Å². The predicted octanol–water partition coefficient (Wildman–Crippen LogP) is 1.89. The second kappa shape index (κ2) is 5.32. The first-order valence-corrected chi connectivity index (χ1v) is 7.73. The van der Waals surface area contributed by atoms with E-state index in [1.807, 2.05) is 11.8 Å². The van der Waals surface area contributed by atoms with E-state index < -0.39 is 0 Å². The summed E-state index contributed by atoms with van der Waals surface area (Å²) in [6.07, 6.45) is 5.11. The highest BCUT2D eigenvalue weighted by Crippen LogP contribution is 2.34. The van der Waals surface area contributed by atoms with Crippen molar-refractivity contribution in [3.05, 3.63) is 11.3 Å². The summed E-state index contributed by atoms with van der Waals surface area (Å²) in [4.78, 5) is 11.6. The van der Waals surface area contributed by atoms with Crippen molar-refractivity contribution >= 4 is 23.5 Å². The molecule has 5 nitrogen and oxygen atoms in total. The average Bonchev–Trinajstić information content (AvgIpc) is 2.71. The van der Waals surface area contributed by atoms with Crippen LogP contribution in [0, 0.1) is 0 Å². The Morgan fingerprint density at radius 3 is 2.56 bits per heavy atom. The molecule has 0 unspecified atom stereocenters. The average molecular weight is 265 g/mol. The molecule has 98 valence electrons. The van der Waals surface area contributed by atoms with Crippen molar-refractivity contribution in [2.24, 2.45) is 5.84 Å². The van der Waals surface area contributed by atoms with E-state index in [0.29, 0.717) is 0 Å². The van der Waals surface area contributed by atoms with Gasteiger partial charge in [-0.2, -0.15) is 16.7 Å². The summed E-state index contributed by atoms with van der Waals surface area (Å²) in [5.74, 6) is 9.19. The minimum absolute atomic E-state index is 0.809. The number of anilines is 2. The number of rotatable bonds is 2. The van der Waals surface area contributed by atoms with Gasteiger partial charge in [-0.1, -0.05) is 12.8 Å². The lowest BCUT2D eigenvalue weighted by Crippen LogP contribution is -2.27. The number of aromatic nitrogens is 2. The second-order valence-corrected chi connectivity index (χ2v) is 5.82. The molecule has 0 aromatic carbocycles. The van der Waals surface area contributed by atoms with E-state index in [4.69, 9.17) is 10.8 Å². The topological polar surface area (TPSA) is 67.1 Å². The highest BCUT2D eigenvalue weighted by atomic mass is 32.2. The number of hydrogen-bond acceptors (Lipinski definition) is 6. The van der Waals surface area contributed by atoms with Gasteiger partial charge in [0, 0.05) is 30.2 Å². The molecule has 0 saturated carbocycles. The minimum Gasteiger partial charge on any atom is -0.341 e. The molecular weight excluding hydrogens is 246 g/mol. The Labute approximate surface area is 112 Å². The van der Waals surface area contributed by atoms with Gasteiger partial charge in [0.25, 0.3) is 0 Å². The summed E-state index contributed by atoms with van der Waals surface area (Å²) in [6, 6.07) is 0. The van der Waals surface area contributed by atoms with Crippen molar-refractivity contribution in [2.75, 3.05) is 23.4 Å². The Kier molecular flexibility index (Phi) is 3.56. The van der Waals surface area contributed by atoms with Crippen molar-refractivity contribution < 1.29 is 0 Å². The normalized spacial score (nSPS) is 19.5. The first-order valence-electron chi connectivity index (χ1n) is 6.57. The zero-order valence-electron chi connectivity index (χ0n) is 10.5. The van der Waals surface area contributed by atoms with Crippen molar-refractivity contribution in [2.45, 2.75) is 37.2 Å². The molecular formula is C12H19N5S. The van der Waals surface area contributed by atoms with Crippen molar-refractivity contribution in [1.82, 2.24) is 9.97 Å². The first kappa shape index (κ1) is 12.0. The maximum atomic E-state index is 5.58. The Morgan fingerprint density at radius 1 is 1.06 bits per heavy atom. The molecule has 3 heterocycles. The molecule has 6 heteroatoms. The Morgan fingerprint density at radius 2 is 1.83 bits per heavy atom. The van der Waals surface area contributed by atoms with Crippen LogP contribution in [0.5, 0.6) is 0 Å². The lowest BCUT2D eigenvalue weighted by molar-refractivity contribution is 0.726. The van der Waals surface area contributed by atoms with Gasteiger partial charge in [-0.25, -0.2) is 10.8 Å². The molecule has 2 aliphatic heterocycles. The summed E-state index contributed by atoms with van der Waals surface area (Å²) in [5, 5.41) is 0. The van der Waals surface area contributed by atoms with Gasteiger partial charge in [-0.15, -0.1) is 0 Å². The molecule has 1 aromatic heterocycles. The second-order valence-electron chi connectivity index (χ2n) is 4.84. The highest BCUT2D eigenvalue weighted by molar-refractivity contribution is 7.98. The quantitative estimate of drug-likeness (QED) is 0.629. The molecule has 0 aliphatic carbocycles. The van der Waals surface area contributed by atoms with E-state index in [2.05, 4.69) is 15.3 Å². The van der Waals surface area contributed by atoms with Crippen LogP contribution in [0.25, 0.3) is 0 Å². The Hall–Kier alpha value is -1.01. The number of thioether (sulfide) groups is 1. The molecule has 1 aromatic rings. The molecule has 0 atom stereocenters. The molecule has 0 radical (unpaired) electrons. The Balaban J connectivity index is 1.91. The molecule has 18 heavy (non-hydrogen) atoms. The van der Waals surface area contributed by atoms with Crippen LogP contribution in [-0.4, -0.2) is 23.1 Å². The number of nitrogens with two attached hydrogens (primary N) is 1. The van der Waals surface area contributed by atoms with E-state index in [-0.39, 0.29) is 0 Å². The number of fused-ring (bicyclic) bond motifs is 1. The van der Waals surface area contributed by atoms with Gasteiger partial charge in [0.1, 0.15) is 5.82 Å². The van der Waals surface area contributed by atoms with E-state index in [1.165, 1.54) is 31.2 Å². The number of nitrogens with one attached hydrogen (secondary N) is 1. The summed E-state index contributed by atoms with van der Waals surface area (Å²) >= 11 is 1.88. The third-order valence-electron chi connectivity index (χ3n) is 3.59. The van der Waals surface area contributed by atoms with Gasteiger partial charge in [-0.3, -0.25) is 0 Å². The van der Waals surface area contributed by atoms with Crippen molar-refractivity contribution in [1.29, 1.82) is 0 Å². The number of nitrogen functional groups attached to an aromatic ring is 1. The van der Waals surface area contributed by atoms with Crippen LogP contribution >= 0.6 is 11.8 Å². The zero-order chi connectivity index (χ0) is 12.4. The van der Waals surface area contributed by atoms with Crippen LogP contribution in [-0.2, 0) is 11.5 Å². The number of hydrogen-bond donors (Lipinski definition) is 2. The van der Waals surface area contributed by atoms with Gasteiger partial charge >= 0.3 is 0 Å². The van der Waals surface area contributed by atoms with Crippen LogP contribution in [0.4, 0.5) is 11.8 Å². The molecule has 2 aliphatic rings. The number of hydrazine groups is 1. The number of nitrogens with zero attached hydrogens (tertiary/aromatic N) is 3. The van der Waals surface area contributed by atoms with Gasteiger partial charge < -0.3 is 10.3 Å². The molecule has 0 bridgehead atoms. The van der Waals surface area contributed by atoms with Gasteiger partial charge in [0.2, 0.25) is 5.95 Å².